The smallest absolute Gasteiger partial charge is 0.135 e. The fourth-order valence-corrected chi connectivity index (χ4v) is 3.57. The minimum atomic E-state index is 0.200. The predicted octanol–water partition coefficient (Wildman–Crippen LogP) is 2.38. The maximum Gasteiger partial charge on any atom is 0.135 e. The van der Waals surface area contributed by atoms with E-state index >= 15 is 0 Å². The van der Waals surface area contributed by atoms with Gasteiger partial charge in [-0.3, -0.25) is 0 Å². The van der Waals surface area contributed by atoms with Gasteiger partial charge in [0.05, 0.1) is 18.9 Å². The Bertz CT molecular complexity index is 878. The predicted molar refractivity (Wildman–Crippen MR) is 82.3 cm³/mol. The highest BCUT2D eigenvalue weighted by Crippen LogP contribution is 2.43. The lowest BCUT2D eigenvalue weighted by Crippen LogP contribution is -2.34. The number of rotatable bonds is 1. The van der Waals surface area contributed by atoms with Gasteiger partial charge in [0.25, 0.3) is 0 Å². The lowest BCUT2D eigenvalue weighted by atomic mass is 9.77. The maximum atomic E-state index is 5.62. The van der Waals surface area contributed by atoms with Crippen LogP contribution in [0.25, 0.3) is 11.0 Å². The van der Waals surface area contributed by atoms with Gasteiger partial charge < -0.3 is 14.8 Å². The quantitative estimate of drug-likeness (QED) is 0.872. The van der Waals surface area contributed by atoms with Crippen molar-refractivity contribution in [1.29, 1.82) is 0 Å². The van der Waals surface area contributed by atoms with Crippen LogP contribution in [0.2, 0.25) is 0 Å². The summed E-state index contributed by atoms with van der Waals surface area (Å²) < 4.78 is 15.9. The number of benzene rings is 1. The second-order valence-corrected chi connectivity index (χ2v) is 5.90. The highest BCUT2D eigenvalue weighted by atomic mass is 16.6. The van der Waals surface area contributed by atoms with Gasteiger partial charge in [0.2, 0.25) is 0 Å². The van der Waals surface area contributed by atoms with Crippen molar-refractivity contribution < 1.29 is 14.1 Å². The maximum absolute atomic E-state index is 5.62. The second kappa shape index (κ2) is 4.96. The van der Waals surface area contributed by atoms with Gasteiger partial charge in [-0.25, -0.2) is 4.63 Å². The van der Waals surface area contributed by atoms with E-state index in [4.69, 9.17) is 14.1 Å². The highest BCUT2D eigenvalue weighted by molar-refractivity contribution is 5.74. The first-order chi connectivity index (χ1) is 11.4. The van der Waals surface area contributed by atoms with Crippen LogP contribution in [0.5, 0.6) is 0 Å². The highest BCUT2D eigenvalue weighted by Gasteiger charge is 2.34. The Labute approximate surface area is 132 Å². The molecule has 0 amide bonds. The third kappa shape index (κ3) is 1.98. The Morgan fingerprint density at radius 2 is 2.13 bits per heavy atom. The average Bonchev–Trinajstić information content (AvgIpc) is 3.07. The lowest BCUT2D eigenvalue weighted by molar-refractivity contribution is 0.138. The Balaban J connectivity index is 1.70. The van der Waals surface area contributed by atoms with E-state index in [1.807, 2.05) is 6.07 Å². The third-order valence-electron chi connectivity index (χ3n) is 4.62. The molecule has 1 atom stereocenters. The van der Waals surface area contributed by atoms with Crippen LogP contribution >= 0.6 is 0 Å². The van der Waals surface area contributed by atoms with Gasteiger partial charge in [-0.2, -0.15) is 0 Å². The molecule has 0 saturated carbocycles. The first-order valence-electron chi connectivity index (χ1n) is 7.71. The number of nitrogens with zero attached hydrogens (tertiary/aromatic N) is 2. The standard InChI is InChI=1S/C17H15N3O3/c1-2-13-14(20-23-19-13)7-10(1)17-11-3-5-21-8-15(11)18-16-9-22-6-4-12(16)17/h1-3,7-8,17-18H,4-6,9H2. The zero-order chi connectivity index (χ0) is 15.2. The van der Waals surface area contributed by atoms with E-state index in [1.165, 1.54) is 16.7 Å². The molecule has 0 spiro atoms. The largest absolute Gasteiger partial charge is 0.495 e. The van der Waals surface area contributed by atoms with Gasteiger partial charge in [0.1, 0.15) is 23.9 Å². The number of nitrogens with one attached hydrogen (secondary N) is 1. The molecule has 0 fully saturated rings. The summed E-state index contributed by atoms with van der Waals surface area (Å²) in [5.74, 6) is 0.200. The van der Waals surface area contributed by atoms with Crippen LogP contribution in [0.3, 0.4) is 0 Å². The molecule has 4 heterocycles. The van der Waals surface area contributed by atoms with Crippen molar-refractivity contribution in [1.82, 2.24) is 15.6 Å². The normalized spacial score (nSPS) is 23.4. The van der Waals surface area contributed by atoms with E-state index in [2.05, 4.69) is 33.8 Å². The van der Waals surface area contributed by atoms with Gasteiger partial charge in [0.15, 0.2) is 0 Å². The number of aromatic nitrogens is 2. The van der Waals surface area contributed by atoms with Crippen LogP contribution in [0.4, 0.5) is 0 Å². The molecule has 2 aromatic rings. The lowest BCUT2D eigenvalue weighted by Gasteiger charge is -2.37. The molecule has 3 aliphatic heterocycles. The Morgan fingerprint density at radius 3 is 3.13 bits per heavy atom. The SMILES string of the molecule is C1=C2NC3=C(CCOC3)C(c3ccc4nonc4c3)C2=CCO1. The van der Waals surface area contributed by atoms with E-state index in [-0.39, 0.29) is 5.92 Å². The molecule has 0 aliphatic carbocycles. The fourth-order valence-electron chi connectivity index (χ4n) is 3.57. The van der Waals surface area contributed by atoms with E-state index in [0.29, 0.717) is 13.2 Å². The molecular formula is C17H15N3O3. The van der Waals surface area contributed by atoms with Crippen molar-refractivity contribution >= 4 is 11.0 Å². The molecular weight excluding hydrogens is 294 g/mol. The van der Waals surface area contributed by atoms with E-state index in [9.17, 15) is 0 Å². The summed E-state index contributed by atoms with van der Waals surface area (Å²) in [4.78, 5) is 0. The molecule has 6 heteroatoms. The van der Waals surface area contributed by atoms with Crippen LogP contribution in [0.15, 0.2) is 57.7 Å². The van der Waals surface area contributed by atoms with Crippen LogP contribution < -0.4 is 5.32 Å². The van der Waals surface area contributed by atoms with Crippen molar-refractivity contribution in [2.24, 2.45) is 0 Å². The number of allylic oxidation sites excluding steroid dienone is 1. The molecule has 1 aromatic carbocycles. The van der Waals surface area contributed by atoms with Crippen molar-refractivity contribution in [2.45, 2.75) is 12.3 Å². The number of hydrogen-bond donors (Lipinski definition) is 1. The van der Waals surface area contributed by atoms with Crippen molar-refractivity contribution in [2.75, 3.05) is 19.8 Å². The van der Waals surface area contributed by atoms with Crippen LogP contribution in [0.1, 0.15) is 17.9 Å². The molecule has 1 unspecified atom stereocenters. The van der Waals surface area contributed by atoms with Crippen LogP contribution in [0, 0.1) is 0 Å². The average molecular weight is 309 g/mol. The zero-order valence-corrected chi connectivity index (χ0v) is 12.4. The number of hydrogen-bond acceptors (Lipinski definition) is 6. The summed E-state index contributed by atoms with van der Waals surface area (Å²) in [7, 11) is 0. The van der Waals surface area contributed by atoms with Crippen molar-refractivity contribution in [3.63, 3.8) is 0 Å². The molecule has 0 bridgehead atoms. The van der Waals surface area contributed by atoms with E-state index in [0.717, 1.165) is 35.5 Å². The molecule has 0 saturated heterocycles. The zero-order valence-electron chi connectivity index (χ0n) is 12.4. The number of ether oxygens (including phenoxy) is 2. The van der Waals surface area contributed by atoms with Gasteiger partial charge in [-0.05, 0) is 51.7 Å². The van der Waals surface area contributed by atoms with E-state index in [1.54, 1.807) is 6.26 Å². The summed E-state index contributed by atoms with van der Waals surface area (Å²) in [5, 5.41) is 11.3. The molecule has 6 nitrogen and oxygen atoms in total. The first kappa shape index (κ1) is 12.9. The summed E-state index contributed by atoms with van der Waals surface area (Å²) in [6.07, 6.45) is 4.88. The minimum Gasteiger partial charge on any atom is -0.495 e. The summed E-state index contributed by atoms with van der Waals surface area (Å²) >= 11 is 0. The fraction of sp³-hybridized carbons (Fsp3) is 0.294. The van der Waals surface area contributed by atoms with Gasteiger partial charge >= 0.3 is 0 Å². The van der Waals surface area contributed by atoms with Crippen LogP contribution in [-0.2, 0) is 9.47 Å². The summed E-state index contributed by atoms with van der Waals surface area (Å²) in [6.45, 7) is 1.97. The number of fused-ring (bicyclic) bond motifs is 2. The monoisotopic (exact) mass is 309 g/mol. The Hall–Kier alpha value is -2.60. The first-order valence-corrected chi connectivity index (χ1v) is 7.71. The van der Waals surface area contributed by atoms with Crippen LogP contribution in [-0.4, -0.2) is 30.1 Å². The second-order valence-electron chi connectivity index (χ2n) is 5.90. The summed E-state index contributed by atoms with van der Waals surface area (Å²) in [6, 6.07) is 6.14. The van der Waals surface area contributed by atoms with Crippen molar-refractivity contribution in [3.05, 3.63) is 58.6 Å². The third-order valence-corrected chi connectivity index (χ3v) is 4.62. The summed E-state index contributed by atoms with van der Waals surface area (Å²) in [5.41, 5.74) is 7.57. The van der Waals surface area contributed by atoms with Gasteiger partial charge in [-0.1, -0.05) is 6.07 Å². The Kier molecular flexibility index (Phi) is 2.78. The molecule has 116 valence electrons. The van der Waals surface area contributed by atoms with Crippen molar-refractivity contribution in [3.8, 4) is 0 Å². The molecule has 1 N–H and O–H groups in total. The molecule has 3 aliphatic rings. The molecule has 5 rings (SSSR count). The molecule has 23 heavy (non-hydrogen) atoms. The topological polar surface area (TPSA) is 69.4 Å². The Morgan fingerprint density at radius 1 is 1.17 bits per heavy atom. The molecule has 0 radical (unpaired) electrons. The minimum absolute atomic E-state index is 0.200. The van der Waals surface area contributed by atoms with Gasteiger partial charge in [0, 0.05) is 11.6 Å². The van der Waals surface area contributed by atoms with Gasteiger partial charge in [-0.15, -0.1) is 0 Å². The molecule has 1 aromatic heterocycles. The van der Waals surface area contributed by atoms with E-state index < -0.39 is 0 Å².